The molecule has 0 N–H and O–H groups in total. The average molecular weight is 539 g/mol. The molecule has 3 rings (SSSR count). The van der Waals surface area contributed by atoms with Crippen molar-refractivity contribution in [2.45, 2.75) is 180 Å². The lowest BCUT2D eigenvalue weighted by atomic mass is 9.72. The van der Waals surface area contributed by atoms with E-state index in [1.54, 1.807) is 0 Å². The molecule has 6 nitrogen and oxygen atoms in total. The lowest BCUT2D eigenvalue weighted by molar-refractivity contribution is -0.402. The Morgan fingerprint density at radius 3 is 1.00 bits per heavy atom. The van der Waals surface area contributed by atoms with E-state index in [2.05, 4.69) is 79.0 Å². The molecule has 0 amide bonds. The first-order valence-corrected chi connectivity index (χ1v) is 15.7. The quantitative estimate of drug-likeness (QED) is 0.208. The maximum atomic E-state index is 6.08. The summed E-state index contributed by atoms with van der Waals surface area (Å²) in [6.07, 6.45) is 15.1. The van der Waals surface area contributed by atoms with Gasteiger partial charge in [-0.2, -0.15) is 0 Å². The maximum Gasteiger partial charge on any atom is 0.0997 e. The number of nitrogens with zero attached hydrogens (tertiary/aromatic N) is 2. The van der Waals surface area contributed by atoms with E-state index >= 15 is 0 Å². The van der Waals surface area contributed by atoms with E-state index in [0.29, 0.717) is 0 Å². The molecular formula is C32H62N2O4. The Bertz CT molecular complexity index is 655. The van der Waals surface area contributed by atoms with Crippen LogP contribution in [0.4, 0.5) is 0 Å². The van der Waals surface area contributed by atoms with Crippen molar-refractivity contribution in [3.63, 3.8) is 0 Å². The summed E-state index contributed by atoms with van der Waals surface area (Å²) in [5.41, 5.74) is -0.824. The third-order valence-corrected chi connectivity index (χ3v) is 8.73. The van der Waals surface area contributed by atoms with Gasteiger partial charge in [-0.05, 0) is 108 Å². The molecule has 1 aliphatic heterocycles. The minimum Gasteiger partial charge on any atom is -0.295 e. The van der Waals surface area contributed by atoms with Gasteiger partial charge in [0, 0.05) is 37.3 Å². The Morgan fingerprint density at radius 1 is 0.447 bits per heavy atom. The highest BCUT2D eigenvalue weighted by Gasteiger charge is 2.48. The van der Waals surface area contributed by atoms with Crippen molar-refractivity contribution in [1.29, 1.82) is 0 Å². The van der Waals surface area contributed by atoms with Crippen molar-refractivity contribution in [2.24, 2.45) is 0 Å². The molecule has 1 heterocycles. The van der Waals surface area contributed by atoms with E-state index in [0.717, 1.165) is 39.0 Å². The van der Waals surface area contributed by atoms with Crippen LogP contribution >= 0.6 is 0 Å². The standard InChI is InChI=1S/C32H62N2O4/c1-27(2,3)35-37-29(7,8)25-31(17-13-11-14-18-31)33-21-23-34(24-22-33)32(19-15-12-16-20-32)26-30(9,10)38-36-28(4,5)6/h11-26H2,1-10H3. The fourth-order valence-corrected chi connectivity index (χ4v) is 7.40. The molecule has 1 saturated heterocycles. The Balaban J connectivity index is 1.70. The Kier molecular flexibility index (Phi) is 10.5. The fourth-order valence-electron chi connectivity index (χ4n) is 7.40. The first-order chi connectivity index (χ1) is 17.5. The lowest BCUT2D eigenvalue weighted by Crippen LogP contribution is -2.64. The Labute approximate surface area is 235 Å². The van der Waals surface area contributed by atoms with Crippen LogP contribution in [0.25, 0.3) is 0 Å². The molecule has 0 atom stereocenters. The van der Waals surface area contributed by atoms with Gasteiger partial charge < -0.3 is 0 Å². The van der Waals surface area contributed by atoms with Crippen molar-refractivity contribution in [3.8, 4) is 0 Å². The van der Waals surface area contributed by atoms with Gasteiger partial charge in [-0.25, -0.2) is 19.6 Å². The van der Waals surface area contributed by atoms with E-state index in [1.165, 1.54) is 64.2 Å². The van der Waals surface area contributed by atoms with E-state index in [9.17, 15) is 0 Å². The average Bonchev–Trinajstić information content (AvgIpc) is 2.82. The third-order valence-electron chi connectivity index (χ3n) is 8.73. The van der Waals surface area contributed by atoms with E-state index in [-0.39, 0.29) is 33.5 Å². The van der Waals surface area contributed by atoms with Crippen molar-refractivity contribution in [1.82, 2.24) is 9.80 Å². The summed E-state index contributed by atoms with van der Waals surface area (Å²) in [4.78, 5) is 29.5. The zero-order chi connectivity index (χ0) is 28.3. The van der Waals surface area contributed by atoms with Gasteiger partial charge >= 0.3 is 0 Å². The highest BCUT2D eigenvalue weighted by Crippen LogP contribution is 2.45. The summed E-state index contributed by atoms with van der Waals surface area (Å²) in [5, 5.41) is 0. The van der Waals surface area contributed by atoms with Crippen LogP contribution in [0.3, 0.4) is 0 Å². The Hall–Kier alpha value is -0.240. The van der Waals surface area contributed by atoms with E-state index < -0.39 is 0 Å². The van der Waals surface area contributed by atoms with Crippen LogP contribution < -0.4 is 0 Å². The summed E-state index contributed by atoms with van der Waals surface area (Å²) in [6.45, 7) is 25.7. The van der Waals surface area contributed by atoms with Crippen molar-refractivity contribution >= 4 is 0 Å². The second kappa shape index (κ2) is 12.3. The van der Waals surface area contributed by atoms with Gasteiger partial charge in [0.15, 0.2) is 0 Å². The fraction of sp³-hybridized carbons (Fsp3) is 1.00. The number of hydrogen-bond acceptors (Lipinski definition) is 6. The van der Waals surface area contributed by atoms with Crippen LogP contribution in [0.5, 0.6) is 0 Å². The minimum absolute atomic E-state index is 0.206. The molecule has 0 aromatic rings. The van der Waals surface area contributed by atoms with Crippen LogP contribution in [0.1, 0.15) is 146 Å². The van der Waals surface area contributed by atoms with Gasteiger partial charge in [-0.1, -0.05) is 38.5 Å². The van der Waals surface area contributed by atoms with Crippen molar-refractivity contribution in [2.75, 3.05) is 26.2 Å². The summed E-state index contributed by atoms with van der Waals surface area (Å²) >= 11 is 0. The predicted octanol–water partition coefficient (Wildman–Crippen LogP) is 7.84. The van der Waals surface area contributed by atoms with Gasteiger partial charge in [-0.3, -0.25) is 9.80 Å². The molecule has 6 heteroatoms. The summed E-state index contributed by atoms with van der Waals surface area (Å²) in [7, 11) is 0. The number of rotatable bonds is 10. The molecule has 38 heavy (non-hydrogen) atoms. The van der Waals surface area contributed by atoms with Gasteiger partial charge in [0.05, 0.1) is 22.4 Å². The minimum atomic E-state index is -0.319. The molecule has 0 unspecified atom stereocenters. The molecule has 2 aliphatic carbocycles. The van der Waals surface area contributed by atoms with Crippen molar-refractivity contribution in [3.05, 3.63) is 0 Å². The molecule has 3 fully saturated rings. The molecule has 0 aromatic heterocycles. The molecule has 2 saturated carbocycles. The zero-order valence-electron chi connectivity index (χ0n) is 26.8. The second-order valence-electron chi connectivity index (χ2n) is 16.0. The highest BCUT2D eigenvalue weighted by molar-refractivity contribution is 5.03. The molecule has 3 aliphatic rings. The number of hydrogen-bond donors (Lipinski definition) is 0. The SMILES string of the molecule is CC(C)(C)OOC(C)(C)CC1(N2CCN(C3(CC(C)(C)OOC(C)(C)C)CCCCC3)CC2)CCCCC1. The largest absolute Gasteiger partial charge is 0.295 e. The normalized spacial score (nSPS) is 24.5. The van der Waals surface area contributed by atoms with Gasteiger partial charge in [0.1, 0.15) is 0 Å². The smallest absolute Gasteiger partial charge is 0.0997 e. The topological polar surface area (TPSA) is 43.4 Å². The predicted molar refractivity (Wildman–Crippen MR) is 156 cm³/mol. The molecule has 0 radical (unpaired) electrons. The van der Waals surface area contributed by atoms with E-state index in [1.807, 2.05) is 0 Å². The number of piperazine rings is 1. The second-order valence-corrected chi connectivity index (χ2v) is 16.0. The lowest BCUT2D eigenvalue weighted by Gasteiger charge is -2.56. The van der Waals surface area contributed by atoms with Crippen LogP contribution in [0.2, 0.25) is 0 Å². The maximum absolute atomic E-state index is 6.08. The highest BCUT2D eigenvalue weighted by atomic mass is 17.2. The van der Waals surface area contributed by atoms with Gasteiger partial charge in [-0.15, -0.1) is 0 Å². The molecule has 0 spiro atoms. The van der Waals surface area contributed by atoms with Gasteiger partial charge in [0.2, 0.25) is 0 Å². The zero-order valence-corrected chi connectivity index (χ0v) is 26.8. The first-order valence-electron chi connectivity index (χ1n) is 15.7. The molecule has 224 valence electrons. The van der Waals surface area contributed by atoms with Crippen LogP contribution in [-0.2, 0) is 19.6 Å². The summed E-state index contributed by atoms with van der Waals surface area (Å²) in [5.74, 6) is 0. The third kappa shape index (κ3) is 9.41. The van der Waals surface area contributed by atoms with E-state index in [4.69, 9.17) is 19.6 Å². The molecule has 0 aromatic carbocycles. The molecule has 0 bridgehead atoms. The van der Waals surface area contributed by atoms with Gasteiger partial charge in [0.25, 0.3) is 0 Å². The summed E-state index contributed by atoms with van der Waals surface area (Å²) in [6, 6.07) is 0. The summed E-state index contributed by atoms with van der Waals surface area (Å²) < 4.78 is 0. The molecular weight excluding hydrogens is 476 g/mol. The van der Waals surface area contributed by atoms with Crippen LogP contribution in [-0.4, -0.2) is 69.5 Å². The van der Waals surface area contributed by atoms with Crippen molar-refractivity contribution < 1.29 is 19.6 Å². The first kappa shape index (κ1) is 32.3. The monoisotopic (exact) mass is 538 g/mol. The van der Waals surface area contributed by atoms with Crippen LogP contribution in [0.15, 0.2) is 0 Å². The van der Waals surface area contributed by atoms with Crippen LogP contribution in [0, 0.1) is 0 Å². The Morgan fingerprint density at radius 2 is 0.737 bits per heavy atom.